The minimum Gasteiger partial charge on any atom is -0.309 e. The molecule has 294 valence electrons. The van der Waals surface area contributed by atoms with Crippen LogP contribution in [0, 0.1) is 0 Å². The smallest absolute Gasteiger partial charge is 0.0619 e. The number of para-hydroxylation sites is 5. The zero-order valence-electron chi connectivity index (χ0n) is 34.4. The van der Waals surface area contributed by atoms with E-state index in [1.807, 2.05) is 0 Å². The van der Waals surface area contributed by atoms with E-state index in [2.05, 4.69) is 250 Å². The zero-order valence-corrected chi connectivity index (χ0v) is 34.4. The monoisotopic (exact) mass is 801 g/mol. The molecular formula is C60H39N3. The molecule has 0 aliphatic heterocycles. The second-order valence-electron chi connectivity index (χ2n) is 16.5. The molecule has 0 fully saturated rings. The standard InChI is InChI=1S/C60H39N3/c1-4-16-40(17-5-1)41-28-32-47(33-29-41)63-57-27-15-12-24-50(57)54-39-44(42-30-34-58-52(36-42)48-22-10-13-25-55(48)61(58)45-18-6-2-7-19-45)38-51(60(54)63)43-31-35-59-53(37-43)49-23-11-14-26-56(49)62(59)46-20-8-3-9-21-46/h1-39H. The van der Waals surface area contributed by atoms with Crippen molar-refractivity contribution in [2.75, 3.05) is 0 Å². The number of fused-ring (bicyclic) bond motifs is 9. The number of nitrogens with zero attached hydrogens (tertiary/aromatic N) is 3. The Morgan fingerprint density at radius 1 is 0.206 bits per heavy atom. The fourth-order valence-corrected chi connectivity index (χ4v) is 10.2. The van der Waals surface area contributed by atoms with Gasteiger partial charge in [0.1, 0.15) is 0 Å². The van der Waals surface area contributed by atoms with Crippen molar-refractivity contribution < 1.29 is 0 Å². The van der Waals surface area contributed by atoms with Gasteiger partial charge >= 0.3 is 0 Å². The van der Waals surface area contributed by atoms with Gasteiger partial charge in [-0.05, 0) is 119 Å². The summed E-state index contributed by atoms with van der Waals surface area (Å²) in [6.45, 7) is 0. The van der Waals surface area contributed by atoms with Gasteiger partial charge in [-0.15, -0.1) is 0 Å². The van der Waals surface area contributed by atoms with Crippen molar-refractivity contribution in [1.29, 1.82) is 0 Å². The molecule has 63 heavy (non-hydrogen) atoms. The summed E-state index contributed by atoms with van der Waals surface area (Å²) in [6, 6.07) is 86.6. The number of hydrogen-bond acceptors (Lipinski definition) is 0. The van der Waals surface area contributed by atoms with Crippen LogP contribution in [0.3, 0.4) is 0 Å². The number of benzene rings is 10. The third kappa shape index (κ3) is 5.53. The number of rotatable bonds is 6. The molecule has 0 radical (unpaired) electrons. The predicted octanol–water partition coefficient (Wildman–Crippen LogP) is 16.0. The average Bonchev–Trinajstić information content (AvgIpc) is 4.00. The molecule has 10 aromatic carbocycles. The van der Waals surface area contributed by atoms with Crippen LogP contribution >= 0.6 is 0 Å². The van der Waals surface area contributed by atoms with Gasteiger partial charge < -0.3 is 13.7 Å². The van der Waals surface area contributed by atoms with Gasteiger partial charge in [0.2, 0.25) is 0 Å². The van der Waals surface area contributed by atoms with Crippen molar-refractivity contribution in [2.24, 2.45) is 0 Å². The Labute approximate surface area is 364 Å². The van der Waals surface area contributed by atoms with Crippen molar-refractivity contribution in [3.05, 3.63) is 237 Å². The van der Waals surface area contributed by atoms with Gasteiger partial charge in [-0.3, -0.25) is 0 Å². The van der Waals surface area contributed by atoms with Crippen LogP contribution in [-0.4, -0.2) is 13.7 Å². The summed E-state index contributed by atoms with van der Waals surface area (Å²) < 4.78 is 7.26. The summed E-state index contributed by atoms with van der Waals surface area (Å²) in [7, 11) is 0. The van der Waals surface area contributed by atoms with Crippen LogP contribution in [0.25, 0.3) is 116 Å². The van der Waals surface area contributed by atoms with Gasteiger partial charge in [-0.1, -0.05) is 146 Å². The fourth-order valence-electron chi connectivity index (χ4n) is 10.2. The first-order chi connectivity index (χ1) is 31.3. The van der Waals surface area contributed by atoms with Gasteiger partial charge in [0.15, 0.2) is 0 Å². The molecule has 0 N–H and O–H groups in total. The second kappa shape index (κ2) is 14.1. The van der Waals surface area contributed by atoms with E-state index in [0.29, 0.717) is 0 Å². The van der Waals surface area contributed by atoms with Crippen LogP contribution in [0.4, 0.5) is 0 Å². The van der Waals surface area contributed by atoms with Crippen LogP contribution in [0.5, 0.6) is 0 Å². The largest absolute Gasteiger partial charge is 0.309 e. The molecule has 0 spiro atoms. The van der Waals surface area contributed by atoms with E-state index in [9.17, 15) is 0 Å². The molecule has 3 heteroatoms. The van der Waals surface area contributed by atoms with Crippen LogP contribution in [0.1, 0.15) is 0 Å². The third-order valence-corrected chi connectivity index (χ3v) is 13.0. The van der Waals surface area contributed by atoms with Crippen LogP contribution in [0.15, 0.2) is 237 Å². The minimum atomic E-state index is 1.13. The van der Waals surface area contributed by atoms with Crippen molar-refractivity contribution in [3.8, 4) is 50.4 Å². The molecule has 0 amide bonds. The molecule has 13 aromatic rings. The van der Waals surface area contributed by atoms with E-state index in [4.69, 9.17) is 0 Å². The Bertz CT molecular complexity index is 3870. The Balaban J connectivity index is 1.09. The molecular weight excluding hydrogens is 763 g/mol. The Hall–Kier alpha value is -8.40. The molecule has 3 aromatic heterocycles. The minimum absolute atomic E-state index is 1.13. The molecule has 0 aliphatic carbocycles. The lowest BCUT2D eigenvalue weighted by molar-refractivity contribution is 1.18. The second-order valence-corrected chi connectivity index (χ2v) is 16.5. The normalized spacial score (nSPS) is 11.8. The summed E-state index contributed by atoms with van der Waals surface area (Å²) in [6.07, 6.45) is 0. The maximum atomic E-state index is 2.48. The van der Waals surface area contributed by atoms with Crippen LogP contribution in [0.2, 0.25) is 0 Å². The maximum Gasteiger partial charge on any atom is 0.0619 e. The van der Waals surface area contributed by atoms with E-state index in [1.165, 1.54) is 98.8 Å². The van der Waals surface area contributed by atoms with E-state index >= 15 is 0 Å². The topological polar surface area (TPSA) is 14.8 Å². The lowest BCUT2D eigenvalue weighted by atomic mass is 9.94. The molecule has 0 saturated heterocycles. The maximum absolute atomic E-state index is 2.48. The van der Waals surface area contributed by atoms with Gasteiger partial charge in [-0.25, -0.2) is 0 Å². The van der Waals surface area contributed by atoms with Gasteiger partial charge in [0.05, 0.1) is 33.1 Å². The molecule has 0 aliphatic rings. The quantitative estimate of drug-likeness (QED) is 0.159. The Kier molecular flexibility index (Phi) is 7.91. The van der Waals surface area contributed by atoms with Crippen molar-refractivity contribution >= 4 is 65.4 Å². The lowest BCUT2D eigenvalue weighted by Crippen LogP contribution is -1.96. The summed E-state index contributed by atoms with van der Waals surface area (Å²) >= 11 is 0. The summed E-state index contributed by atoms with van der Waals surface area (Å²) in [5.41, 5.74) is 17.8. The van der Waals surface area contributed by atoms with Gasteiger partial charge in [-0.2, -0.15) is 0 Å². The Morgan fingerprint density at radius 2 is 0.587 bits per heavy atom. The molecule has 0 saturated carbocycles. The third-order valence-electron chi connectivity index (χ3n) is 13.0. The SMILES string of the molecule is c1ccc(-c2ccc(-n3c4ccccc4c4cc(-c5ccc6c(c5)c5ccccc5n6-c5ccccc5)cc(-c5ccc6c(c5)c5ccccc5n6-c5ccccc5)c43)cc2)cc1. The van der Waals surface area contributed by atoms with Gasteiger partial charge in [0, 0.05) is 54.9 Å². The van der Waals surface area contributed by atoms with E-state index in [1.54, 1.807) is 0 Å². The molecule has 0 bridgehead atoms. The van der Waals surface area contributed by atoms with Crippen molar-refractivity contribution in [3.63, 3.8) is 0 Å². The first kappa shape index (κ1) is 35.4. The molecule has 0 atom stereocenters. The van der Waals surface area contributed by atoms with Gasteiger partial charge in [0.25, 0.3) is 0 Å². The van der Waals surface area contributed by atoms with Crippen LogP contribution < -0.4 is 0 Å². The molecule has 3 heterocycles. The highest BCUT2D eigenvalue weighted by Gasteiger charge is 2.21. The Morgan fingerprint density at radius 3 is 1.16 bits per heavy atom. The summed E-state index contributed by atoms with van der Waals surface area (Å²) in [5, 5.41) is 7.41. The fraction of sp³-hybridized carbons (Fsp3) is 0. The van der Waals surface area contributed by atoms with Crippen molar-refractivity contribution in [2.45, 2.75) is 0 Å². The zero-order chi connectivity index (χ0) is 41.4. The predicted molar refractivity (Wildman–Crippen MR) is 266 cm³/mol. The van der Waals surface area contributed by atoms with Crippen molar-refractivity contribution in [1.82, 2.24) is 13.7 Å². The highest BCUT2D eigenvalue weighted by atomic mass is 15.0. The molecule has 3 nitrogen and oxygen atoms in total. The summed E-state index contributed by atoms with van der Waals surface area (Å²) in [5.74, 6) is 0. The van der Waals surface area contributed by atoms with E-state index in [-0.39, 0.29) is 0 Å². The molecule has 13 rings (SSSR count). The highest BCUT2D eigenvalue weighted by Crippen LogP contribution is 2.44. The lowest BCUT2D eigenvalue weighted by Gasteiger charge is -2.15. The van der Waals surface area contributed by atoms with E-state index < -0.39 is 0 Å². The first-order valence-corrected chi connectivity index (χ1v) is 21.7. The summed E-state index contributed by atoms with van der Waals surface area (Å²) in [4.78, 5) is 0. The number of hydrogen-bond donors (Lipinski definition) is 0. The average molecular weight is 802 g/mol. The highest BCUT2D eigenvalue weighted by molar-refractivity contribution is 6.17. The number of aromatic nitrogens is 3. The van der Waals surface area contributed by atoms with E-state index in [0.717, 1.165) is 17.1 Å². The first-order valence-electron chi connectivity index (χ1n) is 21.7. The molecule has 0 unspecified atom stereocenters. The van der Waals surface area contributed by atoms with Crippen LogP contribution in [-0.2, 0) is 0 Å².